The number of carbonyl (C=O) groups is 2. The molecule has 0 unspecified atom stereocenters. The van der Waals surface area contributed by atoms with Gasteiger partial charge in [0.1, 0.15) is 12.3 Å². The van der Waals surface area contributed by atoms with Crippen molar-refractivity contribution in [2.24, 2.45) is 0 Å². The van der Waals surface area contributed by atoms with Crippen molar-refractivity contribution in [1.29, 1.82) is 0 Å². The Morgan fingerprint density at radius 2 is 1.83 bits per heavy atom. The van der Waals surface area contributed by atoms with Crippen LogP contribution < -0.4 is 4.74 Å². The van der Waals surface area contributed by atoms with Crippen LogP contribution >= 0.6 is 0 Å². The van der Waals surface area contributed by atoms with Gasteiger partial charge in [-0.1, -0.05) is 30.3 Å². The fraction of sp³-hybridized carbons (Fsp3) is 0.263. The van der Waals surface area contributed by atoms with Gasteiger partial charge in [-0.05, 0) is 42.7 Å². The molecule has 5 nitrogen and oxygen atoms in total. The van der Waals surface area contributed by atoms with Crippen molar-refractivity contribution in [2.75, 3.05) is 20.2 Å². The summed E-state index contributed by atoms with van der Waals surface area (Å²) in [5.41, 5.74) is 2.31. The summed E-state index contributed by atoms with van der Waals surface area (Å²) < 4.78 is 5.14. The van der Waals surface area contributed by atoms with Crippen molar-refractivity contribution in [2.45, 2.75) is 13.3 Å². The molecule has 24 heavy (non-hydrogen) atoms. The third kappa shape index (κ3) is 4.59. The molecular weight excluding hydrogens is 306 g/mol. The lowest BCUT2D eigenvalue weighted by molar-refractivity contribution is -0.137. The summed E-state index contributed by atoms with van der Waals surface area (Å²) in [6.07, 6.45) is 0.606. The maximum atomic E-state index is 12.7. The molecule has 0 spiro atoms. The van der Waals surface area contributed by atoms with E-state index in [1.54, 1.807) is 25.3 Å². The molecule has 5 heteroatoms. The molecule has 1 amide bonds. The number of hydrogen-bond donors (Lipinski definition) is 1. The summed E-state index contributed by atoms with van der Waals surface area (Å²) in [4.78, 5) is 25.2. The van der Waals surface area contributed by atoms with Gasteiger partial charge in [0.15, 0.2) is 0 Å². The number of carboxylic acid groups (broad SMARTS) is 1. The highest BCUT2D eigenvalue weighted by Gasteiger charge is 2.20. The fourth-order valence-electron chi connectivity index (χ4n) is 2.50. The average Bonchev–Trinajstić information content (AvgIpc) is 2.58. The largest absolute Gasteiger partial charge is 0.497 e. The number of benzene rings is 2. The summed E-state index contributed by atoms with van der Waals surface area (Å²) in [5, 5.41) is 9.11. The van der Waals surface area contributed by atoms with Gasteiger partial charge in [-0.3, -0.25) is 9.59 Å². The Balaban J connectivity index is 2.17. The van der Waals surface area contributed by atoms with Crippen LogP contribution in [-0.2, 0) is 11.2 Å². The highest BCUT2D eigenvalue weighted by Crippen LogP contribution is 2.18. The summed E-state index contributed by atoms with van der Waals surface area (Å²) in [6, 6.07) is 14.8. The van der Waals surface area contributed by atoms with E-state index in [2.05, 4.69) is 0 Å². The van der Waals surface area contributed by atoms with Crippen LogP contribution in [0.15, 0.2) is 48.5 Å². The zero-order valence-electron chi connectivity index (χ0n) is 13.9. The first kappa shape index (κ1) is 17.5. The van der Waals surface area contributed by atoms with Gasteiger partial charge < -0.3 is 14.7 Å². The standard InChI is InChI=1S/C19H21NO4/c1-14-12-16(24-2)8-9-17(14)19(23)20(13-18(21)22)11-10-15-6-4-3-5-7-15/h3-9,12H,10-11,13H2,1-2H3,(H,21,22). The van der Waals surface area contributed by atoms with E-state index in [1.165, 1.54) is 4.90 Å². The van der Waals surface area contributed by atoms with Gasteiger partial charge in [0.05, 0.1) is 7.11 Å². The molecule has 0 radical (unpaired) electrons. The number of rotatable bonds is 7. The molecule has 2 aromatic rings. The van der Waals surface area contributed by atoms with Gasteiger partial charge in [-0.25, -0.2) is 0 Å². The Morgan fingerprint density at radius 1 is 1.12 bits per heavy atom. The highest BCUT2D eigenvalue weighted by molar-refractivity contribution is 5.97. The van der Waals surface area contributed by atoms with Crippen molar-refractivity contribution in [3.8, 4) is 5.75 Å². The number of nitrogens with zero attached hydrogens (tertiary/aromatic N) is 1. The van der Waals surface area contributed by atoms with Gasteiger partial charge in [-0.15, -0.1) is 0 Å². The Hall–Kier alpha value is -2.82. The van der Waals surface area contributed by atoms with Crippen LogP contribution in [0.3, 0.4) is 0 Å². The maximum absolute atomic E-state index is 12.7. The molecule has 0 aliphatic rings. The van der Waals surface area contributed by atoms with Crippen LogP contribution in [0.2, 0.25) is 0 Å². The number of aliphatic carboxylic acids is 1. The Labute approximate surface area is 141 Å². The summed E-state index contributed by atoms with van der Waals surface area (Å²) in [7, 11) is 1.56. The van der Waals surface area contributed by atoms with Crippen LogP contribution in [0.25, 0.3) is 0 Å². The first-order valence-corrected chi connectivity index (χ1v) is 7.71. The van der Waals surface area contributed by atoms with Crippen molar-refractivity contribution in [3.63, 3.8) is 0 Å². The lowest BCUT2D eigenvalue weighted by Crippen LogP contribution is -2.37. The van der Waals surface area contributed by atoms with Gasteiger partial charge in [0, 0.05) is 12.1 Å². The predicted octanol–water partition coefficient (Wildman–Crippen LogP) is 2.77. The van der Waals surface area contributed by atoms with Crippen molar-refractivity contribution >= 4 is 11.9 Å². The number of carbonyl (C=O) groups excluding carboxylic acids is 1. The van der Waals surface area contributed by atoms with Crippen LogP contribution in [0.4, 0.5) is 0 Å². The zero-order chi connectivity index (χ0) is 17.5. The number of aryl methyl sites for hydroxylation is 1. The summed E-state index contributed by atoms with van der Waals surface area (Å²) >= 11 is 0. The Morgan fingerprint density at radius 3 is 2.42 bits per heavy atom. The summed E-state index contributed by atoms with van der Waals surface area (Å²) in [6.45, 7) is 1.84. The summed E-state index contributed by atoms with van der Waals surface area (Å²) in [5.74, 6) is -0.644. The third-order valence-corrected chi connectivity index (χ3v) is 3.79. The molecule has 2 rings (SSSR count). The van der Waals surface area contributed by atoms with E-state index in [4.69, 9.17) is 9.84 Å². The van der Waals surface area contributed by atoms with Crippen LogP contribution in [0.5, 0.6) is 5.75 Å². The van der Waals surface area contributed by atoms with Crippen molar-refractivity contribution < 1.29 is 19.4 Å². The lowest BCUT2D eigenvalue weighted by Gasteiger charge is -2.22. The van der Waals surface area contributed by atoms with Gasteiger partial charge in [-0.2, -0.15) is 0 Å². The van der Waals surface area contributed by atoms with E-state index in [0.717, 1.165) is 11.1 Å². The molecule has 0 aliphatic heterocycles. The molecular formula is C19H21NO4. The molecule has 0 heterocycles. The molecule has 0 atom stereocenters. The lowest BCUT2D eigenvalue weighted by atomic mass is 10.1. The molecule has 126 valence electrons. The molecule has 0 bridgehead atoms. The first-order chi connectivity index (χ1) is 11.5. The molecule has 1 N–H and O–H groups in total. The molecule has 0 saturated carbocycles. The van der Waals surface area contributed by atoms with Crippen molar-refractivity contribution in [3.05, 3.63) is 65.2 Å². The predicted molar refractivity (Wildman–Crippen MR) is 91.4 cm³/mol. The second-order valence-electron chi connectivity index (χ2n) is 5.54. The minimum atomic E-state index is -1.03. The van der Waals surface area contributed by atoms with Crippen LogP contribution in [0.1, 0.15) is 21.5 Å². The number of amides is 1. The highest BCUT2D eigenvalue weighted by atomic mass is 16.5. The van der Waals surface area contributed by atoms with E-state index in [9.17, 15) is 9.59 Å². The van der Waals surface area contributed by atoms with E-state index < -0.39 is 5.97 Å². The minimum Gasteiger partial charge on any atom is -0.497 e. The molecule has 0 aliphatic carbocycles. The molecule has 0 saturated heterocycles. The second kappa shape index (κ2) is 8.15. The third-order valence-electron chi connectivity index (χ3n) is 3.79. The van der Waals surface area contributed by atoms with E-state index in [0.29, 0.717) is 24.3 Å². The topological polar surface area (TPSA) is 66.8 Å². The number of ether oxygens (including phenoxy) is 1. The van der Waals surface area contributed by atoms with Crippen LogP contribution in [0, 0.1) is 6.92 Å². The SMILES string of the molecule is COc1ccc(C(=O)N(CCc2ccccc2)CC(=O)O)c(C)c1. The second-order valence-corrected chi connectivity index (χ2v) is 5.54. The molecule has 0 aromatic heterocycles. The molecule has 0 fully saturated rings. The zero-order valence-corrected chi connectivity index (χ0v) is 13.9. The minimum absolute atomic E-state index is 0.284. The van der Waals surface area contributed by atoms with Gasteiger partial charge in [0.2, 0.25) is 0 Å². The first-order valence-electron chi connectivity index (χ1n) is 7.71. The van der Waals surface area contributed by atoms with Crippen LogP contribution in [-0.4, -0.2) is 42.1 Å². The average molecular weight is 327 g/mol. The van der Waals surface area contributed by atoms with E-state index in [1.807, 2.05) is 37.3 Å². The monoisotopic (exact) mass is 327 g/mol. The Kier molecular flexibility index (Phi) is 5.95. The van der Waals surface area contributed by atoms with E-state index >= 15 is 0 Å². The number of hydrogen-bond acceptors (Lipinski definition) is 3. The molecule has 2 aromatic carbocycles. The van der Waals surface area contributed by atoms with Gasteiger partial charge in [0.25, 0.3) is 5.91 Å². The maximum Gasteiger partial charge on any atom is 0.323 e. The van der Waals surface area contributed by atoms with Crippen molar-refractivity contribution in [1.82, 2.24) is 4.90 Å². The number of methoxy groups -OCH3 is 1. The van der Waals surface area contributed by atoms with E-state index in [-0.39, 0.29) is 12.5 Å². The normalized spacial score (nSPS) is 10.2. The quantitative estimate of drug-likeness (QED) is 0.849. The Bertz CT molecular complexity index is 713. The smallest absolute Gasteiger partial charge is 0.323 e. The number of carboxylic acids is 1. The fourth-order valence-corrected chi connectivity index (χ4v) is 2.50. The van der Waals surface area contributed by atoms with Gasteiger partial charge >= 0.3 is 5.97 Å².